The van der Waals surface area contributed by atoms with E-state index in [9.17, 15) is 19.2 Å². The van der Waals surface area contributed by atoms with E-state index in [2.05, 4.69) is 10.6 Å². The molecule has 0 bridgehead atoms. The molecule has 0 aromatic heterocycles. The zero-order valence-electron chi connectivity index (χ0n) is 11.4. The molecule has 1 aromatic rings. The molecule has 2 amide bonds. The molecule has 0 atom stereocenters. The first-order valence-corrected chi connectivity index (χ1v) is 5.98. The van der Waals surface area contributed by atoms with Crippen LogP contribution in [0.25, 0.3) is 0 Å². The van der Waals surface area contributed by atoms with Crippen LogP contribution in [-0.2, 0) is 0 Å². The van der Waals surface area contributed by atoms with Gasteiger partial charge in [-0.15, -0.1) is 0 Å². The van der Waals surface area contributed by atoms with Gasteiger partial charge in [0, 0.05) is 13.6 Å². The van der Waals surface area contributed by atoms with Crippen molar-refractivity contribution in [1.82, 2.24) is 10.6 Å². The SMILES string of the molecule is CCNC(=O)c1cc(C(=O)O)c(C(=O)NC)cc1C(=O)O. The molecule has 0 saturated heterocycles. The third-order valence-electron chi connectivity index (χ3n) is 2.67. The van der Waals surface area contributed by atoms with Gasteiger partial charge in [-0.2, -0.15) is 0 Å². The van der Waals surface area contributed by atoms with E-state index in [1.807, 2.05) is 0 Å². The Morgan fingerprint density at radius 1 is 0.905 bits per heavy atom. The highest BCUT2D eigenvalue weighted by Gasteiger charge is 2.24. The fourth-order valence-corrected chi connectivity index (χ4v) is 1.72. The summed E-state index contributed by atoms with van der Waals surface area (Å²) in [5, 5.41) is 22.9. The molecule has 8 nitrogen and oxygen atoms in total. The maximum Gasteiger partial charge on any atom is 0.336 e. The van der Waals surface area contributed by atoms with E-state index in [4.69, 9.17) is 10.2 Å². The predicted octanol–water partition coefficient (Wildman–Crippen LogP) is 0.192. The average molecular weight is 294 g/mol. The summed E-state index contributed by atoms with van der Waals surface area (Å²) < 4.78 is 0. The van der Waals surface area contributed by atoms with Crippen LogP contribution in [0.1, 0.15) is 48.4 Å². The highest BCUT2D eigenvalue weighted by molar-refractivity contribution is 6.11. The van der Waals surface area contributed by atoms with E-state index in [0.717, 1.165) is 12.1 Å². The lowest BCUT2D eigenvalue weighted by molar-refractivity contribution is 0.0675. The van der Waals surface area contributed by atoms with E-state index in [1.165, 1.54) is 7.05 Å². The van der Waals surface area contributed by atoms with Gasteiger partial charge in [-0.25, -0.2) is 9.59 Å². The van der Waals surface area contributed by atoms with Gasteiger partial charge in [-0.3, -0.25) is 9.59 Å². The number of nitrogens with one attached hydrogen (secondary N) is 2. The standard InChI is InChI=1S/C13H14N2O6/c1-3-15-11(17)7-5-8(12(18)19)6(10(16)14-2)4-9(7)13(20)21/h4-5H,3H2,1-2H3,(H,14,16)(H,15,17)(H,18,19)(H,20,21). The number of hydrogen-bond acceptors (Lipinski definition) is 4. The van der Waals surface area contributed by atoms with Crippen LogP contribution in [0.3, 0.4) is 0 Å². The lowest BCUT2D eigenvalue weighted by Crippen LogP contribution is -2.27. The third-order valence-corrected chi connectivity index (χ3v) is 2.67. The van der Waals surface area contributed by atoms with E-state index in [-0.39, 0.29) is 17.7 Å². The van der Waals surface area contributed by atoms with E-state index < -0.39 is 34.9 Å². The lowest BCUT2D eigenvalue weighted by atomic mass is 9.97. The number of carboxylic acid groups (broad SMARTS) is 2. The van der Waals surface area contributed by atoms with Crippen LogP contribution in [0.4, 0.5) is 0 Å². The van der Waals surface area contributed by atoms with Crippen molar-refractivity contribution < 1.29 is 29.4 Å². The fraction of sp³-hybridized carbons (Fsp3) is 0.231. The fourth-order valence-electron chi connectivity index (χ4n) is 1.72. The van der Waals surface area contributed by atoms with E-state index >= 15 is 0 Å². The monoisotopic (exact) mass is 294 g/mol. The van der Waals surface area contributed by atoms with Crippen molar-refractivity contribution in [2.45, 2.75) is 6.92 Å². The minimum atomic E-state index is -1.43. The van der Waals surface area contributed by atoms with Crippen LogP contribution < -0.4 is 10.6 Å². The minimum absolute atomic E-state index is 0.248. The van der Waals surface area contributed by atoms with Crippen molar-refractivity contribution in [1.29, 1.82) is 0 Å². The molecule has 0 aliphatic carbocycles. The summed E-state index contributed by atoms with van der Waals surface area (Å²) in [6.07, 6.45) is 0. The van der Waals surface area contributed by atoms with E-state index in [0.29, 0.717) is 0 Å². The Morgan fingerprint density at radius 2 is 1.33 bits per heavy atom. The largest absolute Gasteiger partial charge is 0.478 e. The number of amides is 2. The topological polar surface area (TPSA) is 133 Å². The van der Waals surface area contributed by atoms with Gasteiger partial charge in [-0.1, -0.05) is 0 Å². The Hall–Kier alpha value is -2.90. The summed E-state index contributed by atoms with van der Waals surface area (Å²) in [5.74, 6) is -4.34. The number of carboxylic acids is 2. The molecule has 8 heteroatoms. The molecule has 0 spiro atoms. The molecular formula is C13H14N2O6. The molecular weight excluding hydrogens is 280 g/mol. The molecule has 112 valence electrons. The number of carbonyl (C=O) groups excluding carboxylic acids is 2. The van der Waals surface area contributed by atoms with Crippen LogP contribution >= 0.6 is 0 Å². The van der Waals surface area contributed by atoms with Crippen LogP contribution in [0.2, 0.25) is 0 Å². The zero-order valence-corrected chi connectivity index (χ0v) is 11.4. The van der Waals surface area contributed by atoms with Gasteiger partial charge in [0.25, 0.3) is 11.8 Å². The quantitative estimate of drug-likeness (QED) is 0.613. The van der Waals surface area contributed by atoms with Crippen LogP contribution in [0.15, 0.2) is 12.1 Å². The summed E-state index contributed by atoms with van der Waals surface area (Å²) in [6.45, 7) is 1.88. The summed E-state index contributed by atoms with van der Waals surface area (Å²) in [6, 6.07) is 1.77. The summed E-state index contributed by atoms with van der Waals surface area (Å²) in [7, 11) is 1.28. The van der Waals surface area contributed by atoms with Gasteiger partial charge in [0.1, 0.15) is 0 Å². The first-order chi connectivity index (χ1) is 9.83. The molecule has 4 N–H and O–H groups in total. The van der Waals surface area contributed by atoms with Crippen molar-refractivity contribution in [2.75, 3.05) is 13.6 Å². The van der Waals surface area contributed by atoms with Crippen LogP contribution in [-0.4, -0.2) is 47.6 Å². The molecule has 0 saturated carbocycles. The molecule has 21 heavy (non-hydrogen) atoms. The average Bonchev–Trinajstić information content (AvgIpc) is 2.44. The highest BCUT2D eigenvalue weighted by Crippen LogP contribution is 2.18. The predicted molar refractivity (Wildman–Crippen MR) is 71.8 cm³/mol. The second kappa shape index (κ2) is 6.51. The number of benzene rings is 1. The van der Waals surface area contributed by atoms with Crippen LogP contribution in [0, 0.1) is 0 Å². The Labute approximate surface area is 119 Å². The second-order valence-electron chi connectivity index (χ2n) is 3.99. The van der Waals surface area contributed by atoms with Crippen molar-refractivity contribution in [2.24, 2.45) is 0 Å². The molecule has 0 heterocycles. The van der Waals surface area contributed by atoms with Gasteiger partial charge in [0.2, 0.25) is 0 Å². The molecule has 0 aliphatic heterocycles. The molecule has 0 unspecified atom stereocenters. The van der Waals surface area contributed by atoms with Crippen LogP contribution in [0.5, 0.6) is 0 Å². The molecule has 0 radical (unpaired) electrons. The summed E-state index contributed by atoms with van der Waals surface area (Å²) in [5.41, 5.74) is -1.52. The first kappa shape index (κ1) is 16.2. The third kappa shape index (κ3) is 3.35. The lowest BCUT2D eigenvalue weighted by Gasteiger charge is -2.11. The van der Waals surface area contributed by atoms with Gasteiger partial charge in [0.05, 0.1) is 22.3 Å². The smallest absolute Gasteiger partial charge is 0.336 e. The Balaban J connectivity index is 3.62. The van der Waals surface area contributed by atoms with Crippen molar-refractivity contribution in [3.05, 3.63) is 34.4 Å². The van der Waals surface area contributed by atoms with Gasteiger partial charge >= 0.3 is 11.9 Å². The molecule has 0 aliphatic rings. The first-order valence-electron chi connectivity index (χ1n) is 5.98. The van der Waals surface area contributed by atoms with E-state index in [1.54, 1.807) is 6.92 Å². The Bertz CT molecular complexity index is 623. The number of aromatic carboxylic acids is 2. The normalized spacial score (nSPS) is 9.81. The van der Waals surface area contributed by atoms with Gasteiger partial charge in [-0.05, 0) is 19.1 Å². The maximum atomic E-state index is 11.8. The number of carbonyl (C=O) groups is 4. The maximum absolute atomic E-state index is 11.8. The molecule has 0 fully saturated rings. The minimum Gasteiger partial charge on any atom is -0.478 e. The Morgan fingerprint density at radius 3 is 1.67 bits per heavy atom. The van der Waals surface area contributed by atoms with Gasteiger partial charge in [0.15, 0.2) is 0 Å². The highest BCUT2D eigenvalue weighted by atomic mass is 16.4. The summed E-state index contributed by atoms with van der Waals surface area (Å²) >= 11 is 0. The number of rotatable bonds is 5. The molecule has 1 rings (SSSR count). The van der Waals surface area contributed by atoms with Crippen molar-refractivity contribution in [3.8, 4) is 0 Å². The summed E-state index contributed by atoms with van der Waals surface area (Å²) in [4.78, 5) is 45.9. The number of hydrogen-bond donors (Lipinski definition) is 4. The van der Waals surface area contributed by atoms with Crippen molar-refractivity contribution in [3.63, 3.8) is 0 Å². The van der Waals surface area contributed by atoms with Gasteiger partial charge < -0.3 is 20.8 Å². The van der Waals surface area contributed by atoms with Crippen molar-refractivity contribution >= 4 is 23.8 Å². The Kier molecular flexibility index (Phi) is 5.01. The zero-order chi connectivity index (χ0) is 16.2. The molecule has 1 aromatic carbocycles. The second-order valence-corrected chi connectivity index (χ2v) is 3.99.